The first-order valence-corrected chi connectivity index (χ1v) is 9.51. The molecule has 2 heterocycles. The van der Waals surface area contributed by atoms with Crippen molar-refractivity contribution in [1.29, 1.82) is 0 Å². The van der Waals surface area contributed by atoms with E-state index in [0.717, 1.165) is 51.2 Å². The molecule has 2 aliphatic heterocycles. The van der Waals surface area contributed by atoms with Crippen molar-refractivity contribution in [3.8, 4) is 5.75 Å². The Morgan fingerprint density at radius 2 is 1.92 bits per heavy atom. The van der Waals surface area contributed by atoms with Crippen LogP contribution in [0.4, 0.5) is 0 Å². The summed E-state index contributed by atoms with van der Waals surface area (Å²) in [6.07, 6.45) is 6.58. The molecule has 3 rings (SSSR count). The lowest BCUT2D eigenvalue weighted by Crippen LogP contribution is -2.45. The molecule has 0 spiro atoms. The van der Waals surface area contributed by atoms with E-state index in [-0.39, 0.29) is 11.9 Å². The van der Waals surface area contributed by atoms with Crippen molar-refractivity contribution in [2.75, 3.05) is 33.4 Å². The lowest BCUT2D eigenvalue weighted by molar-refractivity contribution is -0.124. The number of nitrogens with one attached hydrogen (secondary N) is 1. The zero-order valence-corrected chi connectivity index (χ0v) is 15.2. The van der Waals surface area contributed by atoms with E-state index in [0.29, 0.717) is 12.6 Å². The van der Waals surface area contributed by atoms with E-state index in [2.05, 4.69) is 22.3 Å². The molecule has 0 bridgehead atoms. The van der Waals surface area contributed by atoms with Gasteiger partial charge in [-0.2, -0.15) is 0 Å². The molecule has 25 heavy (non-hydrogen) atoms. The van der Waals surface area contributed by atoms with E-state index in [1.807, 2.05) is 12.1 Å². The van der Waals surface area contributed by atoms with Gasteiger partial charge in [0.1, 0.15) is 5.75 Å². The first-order valence-electron chi connectivity index (χ1n) is 9.51. The Balaban J connectivity index is 1.63. The first-order chi connectivity index (χ1) is 12.3. The third-order valence-electron chi connectivity index (χ3n) is 5.30. The summed E-state index contributed by atoms with van der Waals surface area (Å²) in [4.78, 5) is 14.9. The summed E-state index contributed by atoms with van der Waals surface area (Å²) in [6.45, 7) is 2.97. The topological polar surface area (TPSA) is 50.8 Å². The number of ether oxygens (including phenoxy) is 2. The predicted octanol–water partition coefficient (Wildman–Crippen LogP) is 2.91. The summed E-state index contributed by atoms with van der Waals surface area (Å²) in [6, 6.07) is 8.89. The molecule has 0 radical (unpaired) electrons. The van der Waals surface area contributed by atoms with E-state index < -0.39 is 0 Å². The van der Waals surface area contributed by atoms with E-state index in [1.54, 1.807) is 7.11 Å². The fraction of sp³-hybridized carbons (Fsp3) is 0.650. The van der Waals surface area contributed by atoms with Gasteiger partial charge in [-0.15, -0.1) is 0 Å². The number of amides is 1. The van der Waals surface area contributed by atoms with Gasteiger partial charge in [-0.25, -0.2) is 0 Å². The molecule has 5 nitrogen and oxygen atoms in total. The van der Waals surface area contributed by atoms with Crippen LogP contribution in [0.25, 0.3) is 0 Å². The summed E-state index contributed by atoms with van der Waals surface area (Å²) in [5.41, 5.74) is 1.28. The highest BCUT2D eigenvalue weighted by Crippen LogP contribution is 2.30. The molecule has 0 aromatic heterocycles. The molecule has 1 aromatic carbocycles. The third kappa shape index (κ3) is 5.19. The minimum atomic E-state index is 0.146. The summed E-state index contributed by atoms with van der Waals surface area (Å²) in [5.74, 6) is 1.02. The predicted molar refractivity (Wildman–Crippen MR) is 97.8 cm³/mol. The van der Waals surface area contributed by atoms with Crippen LogP contribution in [-0.4, -0.2) is 50.3 Å². The van der Waals surface area contributed by atoms with Crippen LogP contribution in [0.3, 0.4) is 0 Å². The van der Waals surface area contributed by atoms with Crippen molar-refractivity contribution in [1.82, 2.24) is 10.2 Å². The summed E-state index contributed by atoms with van der Waals surface area (Å²) in [7, 11) is 1.69. The SMILES string of the molecule is COc1ccc([C@@H]2CCCCCN2CC(=O)NC2CCOCC2)cc1. The van der Waals surface area contributed by atoms with Gasteiger partial charge >= 0.3 is 0 Å². The number of rotatable bonds is 5. The largest absolute Gasteiger partial charge is 0.497 e. The van der Waals surface area contributed by atoms with Gasteiger partial charge in [0.05, 0.1) is 13.7 Å². The van der Waals surface area contributed by atoms with E-state index in [4.69, 9.17) is 9.47 Å². The van der Waals surface area contributed by atoms with Crippen molar-refractivity contribution in [3.05, 3.63) is 29.8 Å². The summed E-state index contributed by atoms with van der Waals surface area (Å²) >= 11 is 0. The highest BCUT2D eigenvalue weighted by Gasteiger charge is 2.25. The molecule has 0 saturated carbocycles. The van der Waals surface area contributed by atoms with E-state index >= 15 is 0 Å². The highest BCUT2D eigenvalue weighted by atomic mass is 16.5. The van der Waals surface area contributed by atoms with Crippen LogP contribution in [0.2, 0.25) is 0 Å². The second-order valence-corrected chi connectivity index (χ2v) is 7.06. The van der Waals surface area contributed by atoms with Gasteiger partial charge < -0.3 is 14.8 Å². The van der Waals surface area contributed by atoms with Crippen LogP contribution in [0.5, 0.6) is 5.75 Å². The molecule has 1 aromatic rings. The normalized spacial score (nSPS) is 23.0. The fourth-order valence-electron chi connectivity index (χ4n) is 3.86. The third-order valence-corrected chi connectivity index (χ3v) is 5.30. The highest BCUT2D eigenvalue weighted by molar-refractivity contribution is 5.78. The second kappa shape index (κ2) is 9.20. The molecular weight excluding hydrogens is 316 g/mol. The number of carbonyl (C=O) groups is 1. The standard InChI is InChI=1S/C20H30N2O3/c1-24-18-8-6-16(7-9-18)19-5-3-2-4-12-22(19)15-20(23)21-17-10-13-25-14-11-17/h6-9,17,19H,2-5,10-15H2,1H3,(H,21,23)/t19-/m0/s1. The first kappa shape index (κ1) is 18.2. The molecule has 1 amide bonds. The average Bonchev–Trinajstić information content (AvgIpc) is 2.88. The molecule has 2 fully saturated rings. The van der Waals surface area contributed by atoms with E-state index in [9.17, 15) is 4.79 Å². The van der Waals surface area contributed by atoms with Crippen LogP contribution in [-0.2, 0) is 9.53 Å². The molecule has 138 valence electrons. The lowest BCUT2D eigenvalue weighted by Gasteiger charge is -2.31. The molecular formula is C20H30N2O3. The average molecular weight is 346 g/mol. The van der Waals surface area contributed by atoms with Crippen LogP contribution in [0.1, 0.15) is 50.1 Å². The molecule has 5 heteroatoms. The Morgan fingerprint density at radius 1 is 1.16 bits per heavy atom. The molecule has 0 aliphatic carbocycles. The van der Waals surface area contributed by atoms with Crippen molar-refractivity contribution < 1.29 is 14.3 Å². The number of nitrogens with zero attached hydrogens (tertiary/aromatic N) is 1. The maximum Gasteiger partial charge on any atom is 0.234 e. The van der Waals surface area contributed by atoms with Gasteiger partial charge in [0, 0.05) is 25.3 Å². The van der Waals surface area contributed by atoms with Crippen LogP contribution < -0.4 is 10.1 Å². The van der Waals surface area contributed by atoms with Crippen molar-refractivity contribution in [2.45, 2.75) is 50.6 Å². The second-order valence-electron chi connectivity index (χ2n) is 7.06. The van der Waals surface area contributed by atoms with Crippen molar-refractivity contribution in [3.63, 3.8) is 0 Å². The maximum absolute atomic E-state index is 12.6. The Bertz CT molecular complexity index is 540. The minimum absolute atomic E-state index is 0.146. The Morgan fingerprint density at radius 3 is 2.64 bits per heavy atom. The Hall–Kier alpha value is -1.59. The van der Waals surface area contributed by atoms with Gasteiger partial charge in [0.25, 0.3) is 0 Å². The fourth-order valence-corrected chi connectivity index (χ4v) is 3.86. The number of likely N-dealkylation sites (tertiary alicyclic amines) is 1. The number of carbonyl (C=O) groups excluding carboxylic acids is 1. The maximum atomic E-state index is 12.6. The van der Waals surface area contributed by atoms with Crippen LogP contribution in [0, 0.1) is 0 Å². The van der Waals surface area contributed by atoms with Gasteiger partial charge in [-0.3, -0.25) is 9.69 Å². The lowest BCUT2D eigenvalue weighted by atomic mass is 10.0. The van der Waals surface area contributed by atoms with Gasteiger partial charge in [-0.05, 0) is 49.9 Å². The number of benzene rings is 1. The van der Waals surface area contributed by atoms with Gasteiger partial charge in [0.15, 0.2) is 0 Å². The molecule has 0 unspecified atom stereocenters. The zero-order chi connectivity index (χ0) is 17.5. The zero-order valence-electron chi connectivity index (χ0n) is 15.2. The molecule has 1 N–H and O–H groups in total. The number of hydrogen-bond acceptors (Lipinski definition) is 4. The van der Waals surface area contributed by atoms with Crippen LogP contribution >= 0.6 is 0 Å². The monoisotopic (exact) mass is 346 g/mol. The molecule has 2 aliphatic rings. The molecule has 2 saturated heterocycles. The van der Waals surface area contributed by atoms with Crippen molar-refractivity contribution >= 4 is 5.91 Å². The Labute approximate surface area is 150 Å². The van der Waals surface area contributed by atoms with Gasteiger partial charge in [0.2, 0.25) is 5.91 Å². The Kier molecular flexibility index (Phi) is 6.70. The number of methoxy groups -OCH3 is 1. The van der Waals surface area contributed by atoms with Crippen LogP contribution in [0.15, 0.2) is 24.3 Å². The van der Waals surface area contributed by atoms with Crippen molar-refractivity contribution in [2.24, 2.45) is 0 Å². The minimum Gasteiger partial charge on any atom is -0.497 e. The molecule has 1 atom stereocenters. The summed E-state index contributed by atoms with van der Waals surface area (Å²) < 4.78 is 10.6. The van der Waals surface area contributed by atoms with Gasteiger partial charge in [-0.1, -0.05) is 25.0 Å². The number of hydrogen-bond donors (Lipinski definition) is 1. The smallest absolute Gasteiger partial charge is 0.234 e. The van der Waals surface area contributed by atoms with E-state index in [1.165, 1.54) is 18.4 Å². The summed E-state index contributed by atoms with van der Waals surface area (Å²) in [5, 5.41) is 3.20. The quantitative estimate of drug-likeness (QED) is 0.891.